The van der Waals surface area contributed by atoms with Crippen molar-refractivity contribution in [1.29, 1.82) is 0 Å². The van der Waals surface area contributed by atoms with Gasteiger partial charge in [0.1, 0.15) is 0 Å². The first-order valence-electron chi connectivity index (χ1n) is 11.4. The van der Waals surface area contributed by atoms with Gasteiger partial charge in [-0.2, -0.15) is 0 Å². The van der Waals surface area contributed by atoms with Gasteiger partial charge in [0.2, 0.25) is 0 Å². The van der Waals surface area contributed by atoms with E-state index in [1.165, 1.54) is 50.6 Å². The molecular weight excluding hydrogens is 440 g/mol. The highest BCUT2D eigenvalue weighted by Crippen LogP contribution is 2.49. The third-order valence-electron chi connectivity index (χ3n) is 7.01. The Morgan fingerprint density at radius 1 is 1.09 bits per heavy atom. The van der Waals surface area contributed by atoms with Gasteiger partial charge in [-0.3, -0.25) is 9.10 Å². The number of ether oxygens (including phenoxy) is 1. The number of hydrogen-bond acceptors (Lipinski definition) is 5. The standard InChI is InChI=1S/C25H30N2O5S/c1-17(23-14-18-11-12-19(23)13-18)26-24(28)16-32-25(29)20-7-6-10-22(15-20)33(30,31)27(2)21-8-4-3-5-9-21/h3-10,15,17-19,23H,11-14,16H2,1-2H3,(H,26,28). The number of anilines is 1. The Labute approximate surface area is 195 Å². The molecular formula is C25H30N2O5S. The Balaban J connectivity index is 1.35. The van der Waals surface area contributed by atoms with Crippen LogP contribution in [0.3, 0.4) is 0 Å². The van der Waals surface area contributed by atoms with E-state index in [2.05, 4.69) is 5.32 Å². The van der Waals surface area contributed by atoms with Gasteiger partial charge < -0.3 is 10.1 Å². The van der Waals surface area contributed by atoms with Crippen molar-refractivity contribution in [2.24, 2.45) is 17.8 Å². The Bertz CT molecular complexity index is 1120. The molecule has 33 heavy (non-hydrogen) atoms. The molecule has 2 fully saturated rings. The maximum Gasteiger partial charge on any atom is 0.338 e. The maximum atomic E-state index is 13.0. The van der Waals surface area contributed by atoms with Crippen molar-refractivity contribution in [1.82, 2.24) is 5.32 Å². The lowest BCUT2D eigenvalue weighted by atomic mass is 9.84. The monoisotopic (exact) mass is 470 g/mol. The van der Waals surface area contributed by atoms with Crippen LogP contribution in [0.5, 0.6) is 0 Å². The second-order valence-corrected chi connectivity index (χ2v) is 11.1. The molecule has 8 heteroatoms. The number of amides is 1. The molecule has 2 aliphatic rings. The lowest BCUT2D eigenvalue weighted by Crippen LogP contribution is -2.42. The van der Waals surface area contributed by atoms with Crippen molar-refractivity contribution in [3.8, 4) is 0 Å². The number of esters is 1. The Kier molecular flexibility index (Phi) is 6.74. The van der Waals surface area contributed by atoms with E-state index < -0.39 is 22.6 Å². The zero-order valence-corrected chi connectivity index (χ0v) is 19.8. The average molecular weight is 471 g/mol. The summed E-state index contributed by atoms with van der Waals surface area (Å²) in [6, 6.07) is 14.4. The van der Waals surface area contributed by atoms with Crippen molar-refractivity contribution < 1.29 is 22.7 Å². The second kappa shape index (κ2) is 9.55. The molecule has 2 saturated carbocycles. The molecule has 2 aromatic rings. The summed E-state index contributed by atoms with van der Waals surface area (Å²) in [4.78, 5) is 24.8. The lowest BCUT2D eigenvalue weighted by molar-refractivity contribution is -0.125. The summed E-state index contributed by atoms with van der Waals surface area (Å²) in [5, 5.41) is 2.96. The molecule has 4 unspecified atom stereocenters. The van der Waals surface area contributed by atoms with Crippen LogP contribution >= 0.6 is 0 Å². The topological polar surface area (TPSA) is 92.8 Å². The number of carbonyl (C=O) groups excluding carboxylic acids is 2. The first kappa shape index (κ1) is 23.3. The minimum Gasteiger partial charge on any atom is -0.452 e. The van der Waals surface area contributed by atoms with E-state index in [-0.39, 0.29) is 22.4 Å². The molecule has 1 N–H and O–H groups in total. The van der Waals surface area contributed by atoms with Crippen LogP contribution < -0.4 is 9.62 Å². The molecule has 176 valence electrons. The number of para-hydroxylation sites is 1. The SMILES string of the molecule is CC(NC(=O)COC(=O)c1cccc(S(=O)(=O)N(C)c2ccccc2)c1)C1CC2CCC1C2. The Morgan fingerprint density at radius 2 is 1.85 bits per heavy atom. The van der Waals surface area contributed by atoms with Crippen LogP contribution in [0, 0.1) is 17.8 Å². The van der Waals surface area contributed by atoms with E-state index in [0.29, 0.717) is 17.5 Å². The molecule has 0 spiro atoms. The molecule has 0 aliphatic heterocycles. The fourth-order valence-electron chi connectivity index (χ4n) is 5.24. The minimum atomic E-state index is -3.86. The largest absolute Gasteiger partial charge is 0.452 e. The number of fused-ring (bicyclic) bond motifs is 2. The van der Waals surface area contributed by atoms with Gasteiger partial charge in [0.15, 0.2) is 6.61 Å². The van der Waals surface area contributed by atoms with E-state index in [9.17, 15) is 18.0 Å². The first-order chi connectivity index (χ1) is 15.8. The number of benzene rings is 2. The number of nitrogens with one attached hydrogen (secondary N) is 1. The first-order valence-corrected chi connectivity index (χ1v) is 12.8. The van der Waals surface area contributed by atoms with Crippen LogP contribution in [0.25, 0.3) is 0 Å². The van der Waals surface area contributed by atoms with Gasteiger partial charge in [-0.25, -0.2) is 13.2 Å². The quantitative estimate of drug-likeness (QED) is 0.595. The number of carbonyl (C=O) groups is 2. The third-order valence-corrected chi connectivity index (χ3v) is 8.79. The fraction of sp³-hybridized carbons (Fsp3) is 0.440. The summed E-state index contributed by atoms with van der Waals surface area (Å²) in [6.07, 6.45) is 4.96. The van der Waals surface area contributed by atoms with Crippen LogP contribution in [0.15, 0.2) is 59.5 Å². The van der Waals surface area contributed by atoms with Crippen molar-refractivity contribution in [2.75, 3.05) is 18.0 Å². The normalized spacial score (nSPS) is 22.5. The highest BCUT2D eigenvalue weighted by Gasteiger charge is 2.42. The molecule has 2 bridgehead atoms. The van der Waals surface area contributed by atoms with E-state index in [1.807, 2.05) is 6.92 Å². The maximum absolute atomic E-state index is 13.0. The highest BCUT2D eigenvalue weighted by molar-refractivity contribution is 7.92. The van der Waals surface area contributed by atoms with Gasteiger partial charge in [-0.05, 0) is 74.3 Å². The number of hydrogen-bond donors (Lipinski definition) is 1. The molecule has 7 nitrogen and oxygen atoms in total. The molecule has 0 saturated heterocycles. The van der Waals surface area contributed by atoms with Gasteiger partial charge in [-0.15, -0.1) is 0 Å². The van der Waals surface area contributed by atoms with Crippen LogP contribution in [-0.2, 0) is 19.6 Å². The molecule has 1 amide bonds. The summed E-state index contributed by atoms with van der Waals surface area (Å²) in [5.74, 6) is 0.892. The van der Waals surface area contributed by atoms with Gasteiger partial charge in [-0.1, -0.05) is 30.7 Å². The third kappa shape index (κ3) is 5.05. The molecule has 2 aromatic carbocycles. The lowest BCUT2D eigenvalue weighted by Gasteiger charge is -2.28. The number of rotatable bonds is 8. The van der Waals surface area contributed by atoms with E-state index >= 15 is 0 Å². The zero-order valence-electron chi connectivity index (χ0n) is 18.9. The molecule has 0 radical (unpaired) electrons. The number of nitrogens with zero attached hydrogens (tertiary/aromatic N) is 1. The molecule has 4 rings (SSSR count). The van der Waals surface area contributed by atoms with E-state index in [0.717, 1.165) is 16.6 Å². The van der Waals surface area contributed by atoms with Crippen molar-refractivity contribution in [3.05, 3.63) is 60.2 Å². The van der Waals surface area contributed by atoms with Crippen LogP contribution in [0.4, 0.5) is 5.69 Å². The molecule has 0 heterocycles. The fourth-order valence-corrected chi connectivity index (χ4v) is 6.48. The average Bonchev–Trinajstić information content (AvgIpc) is 3.46. The van der Waals surface area contributed by atoms with Gasteiger partial charge in [0.25, 0.3) is 15.9 Å². The van der Waals surface area contributed by atoms with Gasteiger partial charge in [0, 0.05) is 13.1 Å². The second-order valence-electron chi connectivity index (χ2n) is 9.11. The summed E-state index contributed by atoms with van der Waals surface area (Å²) in [7, 11) is -2.41. The predicted octanol–water partition coefficient (Wildman–Crippen LogP) is 3.61. The predicted molar refractivity (Wildman–Crippen MR) is 125 cm³/mol. The smallest absolute Gasteiger partial charge is 0.338 e. The zero-order chi connectivity index (χ0) is 23.6. The molecule has 2 aliphatic carbocycles. The van der Waals surface area contributed by atoms with E-state index in [1.54, 1.807) is 30.3 Å². The van der Waals surface area contributed by atoms with Crippen LogP contribution in [-0.4, -0.2) is 40.0 Å². The Hall–Kier alpha value is -2.87. The summed E-state index contributed by atoms with van der Waals surface area (Å²) in [6.45, 7) is 1.62. The van der Waals surface area contributed by atoms with Crippen molar-refractivity contribution >= 4 is 27.6 Å². The van der Waals surface area contributed by atoms with Gasteiger partial charge >= 0.3 is 5.97 Å². The van der Waals surface area contributed by atoms with E-state index in [4.69, 9.17) is 4.74 Å². The molecule has 0 aromatic heterocycles. The summed E-state index contributed by atoms with van der Waals surface area (Å²) < 4.78 is 32.3. The highest BCUT2D eigenvalue weighted by atomic mass is 32.2. The van der Waals surface area contributed by atoms with Crippen molar-refractivity contribution in [2.45, 2.75) is 43.5 Å². The summed E-state index contributed by atoms with van der Waals surface area (Å²) >= 11 is 0. The minimum absolute atomic E-state index is 0.0299. The molecule has 4 atom stereocenters. The van der Waals surface area contributed by atoms with Crippen molar-refractivity contribution in [3.63, 3.8) is 0 Å². The van der Waals surface area contributed by atoms with Gasteiger partial charge in [0.05, 0.1) is 16.1 Å². The van der Waals surface area contributed by atoms with Crippen LogP contribution in [0.1, 0.15) is 43.0 Å². The Morgan fingerprint density at radius 3 is 2.52 bits per heavy atom. The number of sulfonamides is 1. The summed E-state index contributed by atoms with van der Waals surface area (Å²) in [5.41, 5.74) is 0.582. The van der Waals surface area contributed by atoms with Crippen LogP contribution in [0.2, 0.25) is 0 Å².